The van der Waals surface area contributed by atoms with Crippen LogP contribution in [0.4, 0.5) is 17.1 Å². The minimum atomic E-state index is -1.17. The molecule has 1 aromatic heterocycles. The topological polar surface area (TPSA) is 129 Å². The van der Waals surface area contributed by atoms with Crippen molar-refractivity contribution in [1.82, 2.24) is 4.98 Å². The van der Waals surface area contributed by atoms with E-state index in [-0.39, 0.29) is 33.4 Å². The maximum atomic E-state index is 12.7. The van der Waals surface area contributed by atoms with Crippen molar-refractivity contribution >= 4 is 52.1 Å². The Morgan fingerprint density at radius 1 is 0.951 bits per heavy atom. The van der Waals surface area contributed by atoms with Gasteiger partial charge in [0.25, 0.3) is 16.8 Å². The first-order chi connectivity index (χ1) is 19.7. The highest BCUT2D eigenvalue weighted by Gasteiger charge is 2.30. The first kappa shape index (κ1) is 29.8. The van der Waals surface area contributed by atoms with Crippen molar-refractivity contribution in [2.45, 2.75) is 38.8 Å². The Hall–Kier alpha value is -4.21. The highest BCUT2D eigenvalue weighted by molar-refractivity contribution is 6.40. The number of carbonyl (C=O) groups excluding carboxylic acids is 1. The molecule has 4 rings (SSSR count). The van der Waals surface area contributed by atoms with Crippen LogP contribution < -0.4 is 26.4 Å². The molecule has 0 saturated heterocycles. The molecule has 0 fully saturated rings. The molecule has 0 aliphatic carbocycles. The number of benzene rings is 2. The number of carbonyl (C=O) groups is 2. The Bertz CT molecular complexity index is 1580. The van der Waals surface area contributed by atoms with Crippen molar-refractivity contribution in [2.75, 3.05) is 22.1 Å². The molecule has 0 bridgehead atoms. The van der Waals surface area contributed by atoms with Crippen LogP contribution in [-0.2, 0) is 17.8 Å². The van der Waals surface area contributed by atoms with E-state index in [0.29, 0.717) is 24.3 Å². The summed E-state index contributed by atoms with van der Waals surface area (Å²) in [5.41, 5.74) is 1.01. The number of carboxylic acid groups (broad SMARTS) is 1. The number of aliphatic carboxylic acids is 1. The largest absolute Gasteiger partial charge is 0.480 e. The SMILES string of the molecule is CCCCN(Cc1ccccc1)c1c(N[C@@H](Cc2ccc(NC(=O)c3c(Cl)cncc3Cl)cc2)C(=O)O)c(=O)c1=O. The van der Waals surface area contributed by atoms with Crippen LogP contribution in [0.1, 0.15) is 41.3 Å². The number of aromatic nitrogens is 1. The number of anilines is 3. The minimum absolute atomic E-state index is 0.0180. The summed E-state index contributed by atoms with van der Waals surface area (Å²) in [5.74, 6) is -1.69. The van der Waals surface area contributed by atoms with Gasteiger partial charge in [-0.1, -0.05) is 79.0 Å². The predicted octanol–water partition coefficient (Wildman–Crippen LogP) is 5.15. The van der Waals surface area contributed by atoms with Gasteiger partial charge in [0.2, 0.25) is 0 Å². The highest BCUT2D eigenvalue weighted by atomic mass is 35.5. The van der Waals surface area contributed by atoms with Crippen LogP contribution in [0.3, 0.4) is 0 Å². The molecule has 212 valence electrons. The maximum absolute atomic E-state index is 12.7. The van der Waals surface area contributed by atoms with Gasteiger partial charge in [-0.25, -0.2) is 4.79 Å². The van der Waals surface area contributed by atoms with Gasteiger partial charge in [-0.15, -0.1) is 0 Å². The van der Waals surface area contributed by atoms with E-state index in [2.05, 4.69) is 15.6 Å². The Balaban J connectivity index is 1.49. The van der Waals surface area contributed by atoms with E-state index in [4.69, 9.17) is 23.2 Å². The number of pyridine rings is 1. The highest BCUT2D eigenvalue weighted by Crippen LogP contribution is 2.26. The molecule has 0 spiro atoms. The second-order valence-electron chi connectivity index (χ2n) is 9.51. The molecule has 3 N–H and O–H groups in total. The molecule has 1 heterocycles. The average Bonchev–Trinajstić information content (AvgIpc) is 2.95. The maximum Gasteiger partial charge on any atom is 0.326 e. The molecule has 4 aromatic rings. The molecule has 0 radical (unpaired) electrons. The van der Waals surface area contributed by atoms with Gasteiger partial charge in [-0.05, 0) is 29.7 Å². The molecule has 0 unspecified atom stereocenters. The van der Waals surface area contributed by atoms with Crippen LogP contribution in [0.5, 0.6) is 0 Å². The van der Waals surface area contributed by atoms with E-state index in [1.54, 1.807) is 24.3 Å². The van der Waals surface area contributed by atoms with Crippen LogP contribution in [0.25, 0.3) is 0 Å². The average molecular weight is 595 g/mol. The van der Waals surface area contributed by atoms with E-state index in [1.165, 1.54) is 12.4 Å². The number of halogens is 2. The lowest BCUT2D eigenvalue weighted by Crippen LogP contribution is -2.45. The third kappa shape index (κ3) is 7.11. The van der Waals surface area contributed by atoms with Crippen molar-refractivity contribution < 1.29 is 14.7 Å². The van der Waals surface area contributed by atoms with Gasteiger partial charge < -0.3 is 20.6 Å². The lowest BCUT2D eigenvalue weighted by Gasteiger charge is -2.29. The Morgan fingerprint density at radius 3 is 2.22 bits per heavy atom. The van der Waals surface area contributed by atoms with Crippen molar-refractivity contribution in [3.05, 3.63) is 114 Å². The van der Waals surface area contributed by atoms with Gasteiger partial charge in [0, 0.05) is 37.6 Å². The Morgan fingerprint density at radius 2 is 1.61 bits per heavy atom. The summed E-state index contributed by atoms with van der Waals surface area (Å²) in [6.45, 7) is 3.00. The van der Waals surface area contributed by atoms with E-state index < -0.39 is 28.8 Å². The summed E-state index contributed by atoms with van der Waals surface area (Å²) in [5, 5.41) is 15.7. The smallest absolute Gasteiger partial charge is 0.326 e. The molecule has 0 saturated carbocycles. The van der Waals surface area contributed by atoms with Crippen molar-refractivity contribution in [3.8, 4) is 0 Å². The summed E-state index contributed by atoms with van der Waals surface area (Å²) < 4.78 is 0. The number of unbranched alkanes of at least 4 members (excludes halogenated alkanes) is 1. The fraction of sp³-hybridized carbons (Fsp3) is 0.233. The standard InChI is InChI=1S/C30H28Cl2N4O5/c1-2-3-13-36(17-19-7-5-4-6-8-19)26-25(27(37)28(26)38)35-23(30(40)41)14-18-9-11-20(12-10-18)34-29(39)24-21(31)15-33-16-22(24)32/h4-12,15-16,23,35H,2-3,13-14,17H2,1H3,(H,34,39)(H,40,41)/t23-/m0/s1. The second-order valence-corrected chi connectivity index (χ2v) is 10.3. The van der Waals surface area contributed by atoms with Gasteiger partial charge in [0.1, 0.15) is 17.4 Å². The zero-order chi connectivity index (χ0) is 29.5. The van der Waals surface area contributed by atoms with Crippen LogP contribution in [0.15, 0.2) is 76.6 Å². The Labute approximate surface area is 246 Å². The third-order valence-corrected chi connectivity index (χ3v) is 7.12. The van der Waals surface area contributed by atoms with Gasteiger partial charge in [-0.2, -0.15) is 0 Å². The molecule has 9 nitrogen and oxygen atoms in total. The predicted molar refractivity (Wildman–Crippen MR) is 161 cm³/mol. The lowest BCUT2D eigenvalue weighted by molar-refractivity contribution is -0.137. The van der Waals surface area contributed by atoms with Crippen molar-refractivity contribution in [3.63, 3.8) is 0 Å². The van der Waals surface area contributed by atoms with E-state index >= 15 is 0 Å². The first-order valence-corrected chi connectivity index (χ1v) is 13.8. The van der Waals surface area contributed by atoms with Crippen LogP contribution in [-0.4, -0.2) is 34.6 Å². The quantitative estimate of drug-likeness (QED) is 0.181. The number of hydrogen-bond donors (Lipinski definition) is 3. The van der Waals surface area contributed by atoms with E-state index in [0.717, 1.165) is 18.4 Å². The van der Waals surface area contributed by atoms with Gasteiger partial charge in [-0.3, -0.25) is 19.4 Å². The van der Waals surface area contributed by atoms with Crippen molar-refractivity contribution in [1.29, 1.82) is 0 Å². The molecule has 11 heteroatoms. The summed E-state index contributed by atoms with van der Waals surface area (Å²) in [6.07, 6.45) is 4.35. The normalized spacial score (nSPS) is 11.7. The zero-order valence-corrected chi connectivity index (χ0v) is 23.7. The molecule has 3 aromatic carbocycles. The number of rotatable bonds is 13. The van der Waals surface area contributed by atoms with Gasteiger partial charge >= 0.3 is 5.97 Å². The molecule has 1 amide bonds. The number of carboxylic acids is 1. The van der Waals surface area contributed by atoms with Crippen molar-refractivity contribution in [2.24, 2.45) is 0 Å². The zero-order valence-electron chi connectivity index (χ0n) is 22.2. The molecule has 0 aliphatic rings. The monoisotopic (exact) mass is 594 g/mol. The fourth-order valence-corrected chi connectivity index (χ4v) is 4.93. The number of hydrogen-bond acceptors (Lipinski definition) is 7. The molecule has 1 atom stereocenters. The minimum Gasteiger partial charge on any atom is -0.480 e. The molecular weight excluding hydrogens is 567 g/mol. The summed E-state index contributed by atoms with van der Waals surface area (Å²) in [7, 11) is 0. The number of nitrogens with zero attached hydrogens (tertiary/aromatic N) is 2. The third-order valence-electron chi connectivity index (χ3n) is 6.55. The lowest BCUT2D eigenvalue weighted by atomic mass is 10.0. The molecule has 41 heavy (non-hydrogen) atoms. The molecule has 0 aliphatic heterocycles. The van der Waals surface area contributed by atoms with Crippen LogP contribution in [0.2, 0.25) is 10.0 Å². The van der Waals surface area contributed by atoms with E-state index in [9.17, 15) is 24.3 Å². The number of nitrogens with one attached hydrogen (secondary N) is 2. The second kappa shape index (κ2) is 13.4. The fourth-order valence-electron chi connectivity index (χ4n) is 4.39. The van der Waals surface area contributed by atoms with Crippen LogP contribution >= 0.6 is 23.2 Å². The summed E-state index contributed by atoms with van der Waals surface area (Å²) >= 11 is 12.1. The van der Waals surface area contributed by atoms with Crippen LogP contribution in [0, 0.1) is 0 Å². The number of amides is 1. The summed E-state index contributed by atoms with van der Waals surface area (Å²) in [6, 6.07) is 14.9. The molecular formula is C30H28Cl2N4O5. The van der Waals surface area contributed by atoms with E-state index in [1.807, 2.05) is 42.2 Å². The first-order valence-electron chi connectivity index (χ1n) is 13.0. The summed E-state index contributed by atoms with van der Waals surface area (Å²) in [4.78, 5) is 55.7. The van der Waals surface area contributed by atoms with Gasteiger partial charge in [0.05, 0.1) is 15.6 Å². The van der Waals surface area contributed by atoms with Gasteiger partial charge in [0.15, 0.2) is 0 Å². The Kier molecular flexibility index (Phi) is 9.75.